The van der Waals surface area contributed by atoms with Crippen molar-refractivity contribution in [3.05, 3.63) is 18.0 Å². The molecule has 144 valence electrons. The van der Waals surface area contributed by atoms with Crippen LogP contribution >= 0.6 is 0 Å². The van der Waals surface area contributed by atoms with Crippen LogP contribution in [0.15, 0.2) is 12.4 Å². The molecule has 0 spiro atoms. The van der Waals surface area contributed by atoms with Crippen LogP contribution in [0.2, 0.25) is 0 Å². The number of hydrogen-bond acceptors (Lipinski definition) is 7. The maximum Gasteiger partial charge on any atom is 0.222 e. The Morgan fingerprint density at radius 3 is 2.88 bits per heavy atom. The smallest absolute Gasteiger partial charge is 0.222 e. The summed E-state index contributed by atoms with van der Waals surface area (Å²) in [4.78, 5) is 11.4. The highest BCUT2D eigenvalue weighted by Gasteiger charge is 2.55. The van der Waals surface area contributed by atoms with Gasteiger partial charge in [-0.1, -0.05) is 6.92 Å². The lowest BCUT2D eigenvalue weighted by Crippen LogP contribution is -2.67. The summed E-state index contributed by atoms with van der Waals surface area (Å²) in [6, 6.07) is 0.348. The molecule has 3 aliphatic rings. The first-order valence-electron chi connectivity index (χ1n) is 9.87. The Labute approximate surface area is 155 Å². The first kappa shape index (κ1) is 18.1. The van der Waals surface area contributed by atoms with Crippen LogP contribution in [0.25, 0.3) is 0 Å². The Kier molecular flexibility index (Phi) is 5.40. The van der Waals surface area contributed by atoms with E-state index in [1.165, 1.54) is 0 Å². The highest BCUT2D eigenvalue weighted by atomic mass is 16.5. The highest BCUT2D eigenvalue weighted by Crippen LogP contribution is 2.44. The van der Waals surface area contributed by atoms with Gasteiger partial charge in [0.15, 0.2) is 0 Å². The Hall–Kier alpha value is -1.28. The molecule has 3 fully saturated rings. The molecule has 0 bridgehead atoms. The largest absolute Gasteiger partial charge is 0.389 e. The van der Waals surface area contributed by atoms with E-state index in [0.717, 1.165) is 51.1 Å². The van der Waals surface area contributed by atoms with Crippen molar-refractivity contribution >= 4 is 5.95 Å². The molecular weight excluding hydrogens is 332 g/mol. The lowest BCUT2D eigenvalue weighted by Gasteiger charge is -2.57. The zero-order chi connectivity index (χ0) is 18.0. The lowest BCUT2D eigenvalue weighted by molar-refractivity contribution is -0.221. The Morgan fingerprint density at radius 1 is 1.27 bits per heavy atom. The van der Waals surface area contributed by atoms with Gasteiger partial charge in [-0.15, -0.1) is 0 Å². The molecule has 1 aromatic rings. The monoisotopic (exact) mass is 362 g/mol. The van der Waals surface area contributed by atoms with Crippen molar-refractivity contribution in [3.8, 4) is 0 Å². The minimum Gasteiger partial charge on any atom is -0.389 e. The first-order valence-corrected chi connectivity index (χ1v) is 9.87. The van der Waals surface area contributed by atoms with Crippen LogP contribution in [0.3, 0.4) is 0 Å². The van der Waals surface area contributed by atoms with Gasteiger partial charge in [-0.25, -0.2) is 9.97 Å². The number of nitrogens with one attached hydrogen (secondary N) is 1. The second-order valence-corrected chi connectivity index (χ2v) is 7.82. The van der Waals surface area contributed by atoms with Gasteiger partial charge in [0.05, 0.1) is 18.8 Å². The molecule has 0 saturated carbocycles. The minimum absolute atomic E-state index is 0.144. The second-order valence-electron chi connectivity index (χ2n) is 7.82. The maximum absolute atomic E-state index is 11.4. The molecule has 3 saturated heterocycles. The third-order valence-corrected chi connectivity index (χ3v) is 6.18. The van der Waals surface area contributed by atoms with E-state index in [2.05, 4.69) is 27.1 Å². The second kappa shape index (κ2) is 7.76. The van der Waals surface area contributed by atoms with Gasteiger partial charge >= 0.3 is 0 Å². The molecular formula is C19H30N4O3. The van der Waals surface area contributed by atoms with Crippen molar-refractivity contribution in [1.82, 2.24) is 14.9 Å². The van der Waals surface area contributed by atoms with E-state index >= 15 is 0 Å². The summed E-state index contributed by atoms with van der Waals surface area (Å²) in [7, 11) is 0. The average molecular weight is 362 g/mol. The van der Waals surface area contributed by atoms with E-state index in [4.69, 9.17) is 9.47 Å². The maximum atomic E-state index is 11.4. The Bertz CT molecular complexity index is 599. The predicted octanol–water partition coefficient (Wildman–Crippen LogP) is 1.29. The summed E-state index contributed by atoms with van der Waals surface area (Å²) in [5.41, 5.74) is 0.462. The molecule has 0 amide bonds. The number of hydrogen-bond donors (Lipinski definition) is 2. The third kappa shape index (κ3) is 3.45. The van der Waals surface area contributed by atoms with E-state index in [1.54, 1.807) is 0 Å². The van der Waals surface area contributed by atoms with Crippen molar-refractivity contribution in [2.45, 2.75) is 44.4 Å². The van der Waals surface area contributed by atoms with Gasteiger partial charge < -0.3 is 19.9 Å². The first-order chi connectivity index (χ1) is 12.7. The topological polar surface area (TPSA) is 79.7 Å². The van der Waals surface area contributed by atoms with E-state index in [-0.39, 0.29) is 11.8 Å². The summed E-state index contributed by atoms with van der Waals surface area (Å²) in [6.07, 6.45) is 6.57. The van der Waals surface area contributed by atoms with E-state index < -0.39 is 5.60 Å². The van der Waals surface area contributed by atoms with Gasteiger partial charge in [0.1, 0.15) is 0 Å². The van der Waals surface area contributed by atoms with Crippen LogP contribution in [0.5, 0.6) is 0 Å². The molecule has 4 rings (SSSR count). The van der Waals surface area contributed by atoms with Crippen molar-refractivity contribution in [3.63, 3.8) is 0 Å². The summed E-state index contributed by atoms with van der Waals surface area (Å²) in [6.45, 7) is 7.36. The number of rotatable bonds is 5. The predicted molar refractivity (Wildman–Crippen MR) is 97.8 cm³/mol. The van der Waals surface area contributed by atoms with Gasteiger partial charge in [0.25, 0.3) is 0 Å². The van der Waals surface area contributed by atoms with Crippen molar-refractivity contribution in [2.75, 3.05) is 44.8 Å². The Morgan fingerprint density at radius 2 is 2.08 bits per heavy atom. The molecule has 7 nitrogen and oxygen atoms in total. The van der Waals surface area contributed by atoms with Crippen LogP contribution in [0, 0.1) is 11.8 Å². The SMILES string of the molecule is CCCNc1ncc(CN2C[C@H]3COCC[C@@]3(O)[C@@H]3COCC[C@@H]32)cn1. The molecule has 0 radical (unpaired) electrons. The standard InChI is InChI=1S/C19H30N4O3/c1-2-5-20-18-21-8-14(9-22-18)10-23-11-15-12-26-7-4-19(15,24)16-13-25-6-3-17(16)23/h8-9,15-17,24H,2-7,10-13H2,1H3,(H,20,21,22)/t15-,16+,17-,19-/m0/s1. The quantitative estimate of drug-likeness (QED) is 0.817. The van der Waals surface area contributed by atoms with E-state index in [9.17, 15) is 5.11 Å². The fourth-order valence-electron chi connectivity index (χ4n) is 4.75. The van der Waals surface area contributed by atoms with Crippen molar-refractivity contribution < 1.29 is 14.6 Å². The van der Waals surface area contributed by atoms with Gasteiger partial charge in [-0.05, 0) is 12.8 Å². The summed E-state index contributed by atoms with van der Waals surface area (Å²) in [5, 5.41) is 14.6. The zero-order valence-corrected chi connectivity index (χ0v) is 15.6. The number of ether oxygens (including phenoxy) is 2. The number of piperidine rings is 1. The van der Waals surface area contributed by atoms with Gasteiger partial charge in [-0.2, -0.15) is 0 Å². The molecule has 4 atom stereocenters. The highest BCUT2D eigenvalue weighted by molar-refractivity contribution is 5.24. The fraction of sp³-hybridized carbons (Fsp3) is 0.789. The number of nitrogens with zero attached hydrogens (tertiary/aromatic N) is 3. The Balaban J connectivity index is 1.48. The van der Waals surface area contributed by atoms with Crippen LogP contribution in [0.1, 0.15) is 31.7 Å². The number of aromatic nitrogens is 2. The van der Waals surface area contributed by atoms with Crippen LogP contribution < -0.4 is 5.32 Å². The summed E-state index contributed by atoms with van der Waals surface area (Å²) >= 11 is 0. The number of anilines is 1. The van der Waals surface area contributed by atoms with E-state index in [1.807, 2.05) is 12.4 Å². The molecule has 0 aliphatic carbocycles. The van der Waals surface area contributed by atoms with Gasteiger partial charge in [0.2, 0.25) is 5.95 Å². The number of likely N-dealkylation sites (tertiary alicyclic amines) is 1. The van der Waals surface area contributed by atoms with Gasteiger partial charge in [-0.3, -0.25) is 4.90 Å². The van der Waals surface area contributed by atoms with Crippen molar-refractivity contribution in [2.24, 2.45) is 11.8 Å². The van der Waals surface area contributed by atoms with Crippen molar-refractivity contribution in [1.29, 1.82) is 0 Å². The normalized spacial score (nSPS) is 34.8. The zero-order valence-electron chi connectivity index (χ0n) is 15.6. The van der Waals surface area contributed by atoms with Gasteiger partial charge in [0, 0.05) is 75.1 Å². The fourth-order valence-corrected chi connectivity index (χ4v) is 4.75. The molecule has 26 heavy (non-hydrogen) atoms. The summed E-state index contributed by atoms with van der Waals surface area (Å²) < 4.78 is 11.4. The molecule has 4 heterocycles. The molecule has 0 unspecified atom stereocenters. The molecule has 0 aromatic carbocycles. The molecule has 1 aromatic heterocycles. The van der Waals surface area contributed by atoms with Crippen LogP contribution in [-0.2, 0) is 16.0 Å². The van der Waals surface area contributed by atoms with Crippen LogP contribution in [-0.4, -0.2) is 71.1 Å². The van der Waals surface area contributed by atoms with E-state index in [0.29, 0.717) is 31.8 Å². The molecule has 3 aliphatic heterocycles. The lowest BCUT2D eigenvalue weighted by atomic mass is 9.66. The molecule has 7 heteroatoms. The van der Waals surface area contributed by atoms with Crippen LogP contribution in [0.4, 0.5) is 5.95 Å². The number of fused-ring (bicyclic) bond motifs is 3. The average Bonchev–Trinajstić information content (AvgIpc) is 2.68. The number of aliphatic hydroxyl groups is 1. The summed E-state index contributed by atoms with van der Waals surface area (Å²) in [5.74, 6) is 0.990. The third-order valence-electron chi connectivity index (χ3n) is 6.18. The minimum atomic E-state index is -0.649. The molecule has 2 N–H and O–H groups in total.